The normalized spacial score (nSPS) is 15.6. The maximum absolute atomic E-state index is 12.0. The first-order valence-corrected chi connectivity index (χ1v) is 6.79. The number of aryl methyl sites for hydroxylation is 1. The number of likely N-dealkylation sites (tertiary alicyclic amines) is 1. The van der Waals surface area contributed by atoms with Gasteiger partial charge in [0.15, 0.2) is 0 Å². The van der Waals surface area contributed by atoms with E-state index in [1.807, 2.05) is 6.92 Å². The molecular weight excluding hydrogens is 272 g/mol. The summed E-state index contributed by atoms with van der Waals surface area (Å²) in [6.45, 7) is 2.61. The van der Waals surface area contributed by atoms with Crippen LogP contribution in [0, 0.1) is 12.8 Å². The Morgan fingerprint density at radius 2 is 1.95 bits per heavy atom. The van der Waals surface area contributed by atoms with Crippen LogP contribution in [0.15, 0.2) is 18.3 Å². The van der Waals surface area contributed by atoms with Gasteiger partial charge in [-0.3, -0.25) is 14.4 Å². The van der Waals surface area contributed by atoms with E-state index in [9.17, 15) is 14.4 Å². The van der Waals surface area contributed by atoms with E-state index in [1.165, 1.54) is 4.90 Å². The average Bonchev–Trinajstić information content (AvgIpc) is 2.49. The van der Waals surface area contributed by atoms with Gasteiger partial charge in [0.2, 0.25) is 5.91 Å². The molecule has 3 N–H and O–H groups in total. The van der Waals surface area contributed by atoms with Crippen LogP contribution >= 0.6 is 0 Å². The smallest absolute Gasteiger partial charge is 0.315 e. The second-order valence-electron chi connectivity index (χ2n) is 5.14. The van der Waals surface area contributed by atoms with Crippen LogP contribution in [0.1, 0.15) is 18.4 Å². The summed E-state index contributed by atoms with van der Waals surface area (Å²) in [6, 6.07) is 3.44. The van der Waals surface area contributed by atoms with Crippen LogP contribution < -0.4 is 11.1 Å². The lowest BCUT2D eigenvalue weighted by atomic mass is 9.96. The molecule has 0 aromatic carbocycles. The van der Waals surface area contributed by atoms with Gasteiger partial charge in [0.1, 0.15) is 5.82 Å². The molecule has 1 saturated heterocycles. The van der Waals surface area contributed by atoms with E-state index in [1.54, 1.807) is 18.3 Å². The first-order valence-electron chi connectivity index (χ1n) is 6.79. The number of nitrogens with two attached hydrogens (primary N) is 1. The van der Waals surface area contributed by atoms with Crippen LogP contribution in [0.2, 0.25) is 0 Å². The number of rotatable bonds is 2. The molecule has 3 amide bonds. The molecule has 7 nitrogen and oxygen atoms in total. The van der Waals surface area contributed by atoms with Crippen LogP contribution in [-0.4, -0.2) is 40.7 Å². The highest BCUT2D eigenvalue weighted by Gasteiger charge is 2.29. The SMILES string of the molecule is Cc1ccc(NC(=O)C(=O)N2CCC(C(N)=O)CC2)nc1. The Hall–Kier alpha value is -2.44. The Morgan fingerprint density at radius 3 is 2.48 bits per heavy atom. The van der Waals surface area contributed by atoms with Crippen molar-refractivity contribution in [2.24, 2.45) is 11.7 Å². The molecule has 0 aliphatic carbocycles. The van der Waals surface area contributed by atoms with Gasteiger partial charge in [-0.15, -0.1) is 0 Å². The van der Waals surface area contributed by atoms with Gasteiger partial charge in [0, 0.05) is 25.2 Å². The summed E-state index contributed by atoms with van der Waals surface area (Å²) in [5.41, 5.74) is 6.20. The summed E-state index contributed by atoms with van der Waals surface area (Å²) in [6.07, 6.45) is 2.60. The Balaban J connectivity index is 1.90. The second kappa shape index (κ2) is 6.34. The molecule has 7 heteroatoms. The van der Waals surface area contributed by atoms with Crippen LogP contribution in [0.25, 0.3) is 0 Å². The highest BCUT2D eigenvalue weighted by molar-refractivity contribution is 6.39. The van der Waals surface area contributed by atoms with E-state index in [0.29, 0.717) is 31.7 Å². The van der Waals surface area contributed by atoms with E-state index in [4.69, 9.17) is 5.73 Å². The second-order valence-corrected chi connectivity index (χ2v) is 5.14. The topological polar surface area (TPSA) is 105 Å². The van der Waals surface area contributed by atoms with Crippen LogP contribution in [0.3, 0.4) is 0 Å². The lowest BCUT2D eigenvalue weighted by Crippen LogP contribution is -2.46. The summed E-state index contributed by atoms with van der Waals surface area (Å²) in [7, 11) is 0. The quantitative estimate of drug-likeness (QED) is 0.751. The average molecular weight is 290 g/mol. The van der Waals surface area contributed by atoms with E-state index in [0.717, 1.165) is 5.56 Å². The van der Waals surface area contributed by atoms with Crippen molar-refractivity contribution in [3.8, 4) is 0 Å². The lowest BCUT2D eigenvalue weighted by Gasteiger charge is -2.29. The van der Waals surface area contributed by atoms with Gasteiger partial charge in [-0.25, -0.2) is 4.98 Å². The fraction of sp³-hybridized carbons (Fsp3) is 0.429. The number of piperidine rings is 1. The Bertz CT molecular complexity index is 548. The molecule has 1 aliphatic heterocycles. The summed E-state index contributed by atoms with van der Waals surface area (Å²) < 4.78 is 0. The summed E-state index contributed by atoms with van der Waals surface area (Å²) >= 11 is 0. The number of carbonyl (C=O) groups is 3. The number of anilines is 1. The first-order chi connectivity index (χ1) is 9.97. The number of nitrogens with one attached hydrogen (secondary N) is 1. The molecule has 0 saturated carbocycles. The van der Waals surface area contributed by atoms with Crippen molar-refractivity contribution in [3.63, 3.8) is 0 Å². The first kappa shape index (κ1) is 15.0. The van der Waals surface area contributed by atoms with Crippen molar-refractivity contribution in [3.05, 3.63) is 23.9 Å². The minimum Gasteiger partial charge on any atom is -0.369 e. The van der Waals surface area contributed by atoms with Crippen molar-refractivity contribution in [2.75, 3.05) is 18.4 Å². The number of hydrogen-bond donors (Lipinski definition) is 2. The number of primary amides is 1. The number of pyridine rings is 1. The Labute approximate surface area is 122 Å². The van der Waals surface area contributed by atoms with Gasteiger partial charge in [-0.2, -0.15) is 0 Å². The minimum atomic E-state index is -0.719. The predicted molar refractivity (Wildman–Crippen MR) is 76.1 cm³/mol. The molecule has 0 spiro atoms. The molecule has 0 unspecified atom stereocenters. The molecule has 2 rings (SSSR count). The third-order valence-electron chi connectivity index (χ3n) is 3.53. The van der Waals surface area contributed by atoms with Gasteiger partial charge < -0.3 is 16.0 Å². The molecule has 1 fully saturated rings. The zero-order valence-corrected chi connectivity index (χ0v) is 11.8. The predicted octanol–water partition coefficient (Wildman–Crippen LogP) is 0.0524. The number of carbonyl (C=O) groups excluding carboxylic acids is 3. The highest BCUT2D eigenvalue weighted by atomic mass is 16.2. The number of amides is 3. The standard InChI is InChI=1S/C14H18N4O3/c1-9-2-3-11(16-8-9)17-13(20)14(21)18-6-4-10(5-7-18)12(15)19/h2-3,8,10H,4-7H2,1H3,(H2,15,19)(H,16,17,20). The number of hydrogen-bond acceptors (Lipinski definition) is 4. The van der Waals surface area contributed by atoms with Crippen molar-refractivity contribution < 1.29 is 14.4 Å². The molecular formula is C14H18N4O3. The molecule has 1 aliphatic rings. The van der Waals surface area contributed by atoms with Crippen LogP contribution in [0.5, 0.6) is 0 Å². The Morgan fingerprint density at radius 1 is 1.29 bits per heavy atom. The van der Waals surface area contributed by atoms with Gasteiger partial charge in [0.25, 0.3) is 0 Å². The van der Waals surface area contributed by atoms with E-state index >= 15 is 0 Å². The van der Waals surface area contributed by atoms with E-state index < -0.39 is 11.8 Å². The van der Waals surface area contributed by atoms with Gasteiger partial charge in [0.05, 0.1) is 0 Å². The van der Waals surface area contributed by atoms with E-state index in [-0.39, 0.29) is 11.8 Å². The molecule has 1 aromatic heterocycles. The largest absolute Gasteiger partial charge is 0.369 e. The minimum absolute atomic E-state index is 0.212. The van der Waals surface area contributed by atoms with Crippen molar-refractivity contribution >= 4 is 23.5 Å². The van der Waals surface area contributed by atoms with Gasteiger partial charge in [-0.1, -0.05) is 6.07 Å². The van der Waals surface area contributed by atoms with E-state index in [2.05, 4.69) is 10.3 Å². The third-order valence-corrected chi connectivity index (χ3v) is 3.53. The fourth-order valence-corrected chi connectivity index (χ4v) is 2.22. The maximum Gasteiger partial charge on any atom is 0.315 e. The molecule has 1 aromatic rings. The van der Waals surface area contributed by atoms with Crippen molar-refractivity contribution in [1.29, 1.82) is 0 Å². The summed E-state index contributed by atoms with van der Waals surface area (Å²) in [4.78, 5) is 40.4. The molecule has 0 bridgehead atoms. The van der Waals surface area contributed by atoms with Crippen molar-refractivity contribution in [1.82, 2.24) is 9.88 Å². The van der Waals surface area contributed by atoms with Crippen LogP contribution in [-0.2, 0) is 14.4 Å². The van der Waals surface area contributed by atoms with Gasteiger partial charge in [-0.05, 0) is 31.4 Å². The molecule has 0 radical (unpaired) electrons. The summed E-state index contributed by atoms with van der Waals surface area (Å²) in [5, 5.41) is 2.47. The highest BCUT2D eigenvalue weighted by Crippen LogP contribution is 2.17. The Kier molecular flexibility index (Phi) is 4.52. The lowest BCUT2D eigenvalue weighted by molar-refractivity contribution is -0.144. The molecule has 0 atom stereocenters. The summed E-state index contributed by atoms with van der Waals surface area (Å²) in [5.74, 6) is -1.55. The number of nitrogens with zero attached hydrogens (tertiary/aromatic N) is 2. The zero-order valence-electron chi connectivity index (χ0n) is 11.8. The fourth-order valence-electron chi connectivity index (χ4n) is 2.22. The molecule has 21 heavy (non-hydrogen) atoms. The molecule has 2 heterocycles. The van der Waals surface area contributed by atoms with Crippen LogP contribution in [0.4, 0.5) is 5.82 Å². The van der Waals surface area contributed by atoms with Crippen molar-refractivity contribution in [2.45, 2.75) is 19.8 Å². The number of aromatic nitrogens is 1. The zero-order chi connectivity index (χ0) is 15.4. The van der Waals surface area contributed by atoms with Gasteiger partial charge >= 0.3 is 11.8 Å². The monoisotopic (exact) mass is 290 g/mol. The molecule has 112 valence electrons. The maximum atomic E-state index is 12.0. The third kappa shape index (κ3) is 3.77.